The van der Waals surface area contributed by atoms with E-state index in [9.17, 15) is 4.79 Å². The van der Waals surface area contributed by atoms with Crippen LogP contribution in [0.3, 0.4) is 0 Å². The highest BCUT2D eigenvalue weighted by molar-refractivity contribution is 7.12. The number of hydrogen-bond acceptors (Lipinski definition) is 8. The summed E-state index contributed by atoms with van der Waals surface area (Å²) in [4.78, 5) is 29.8. The van der Waals surface area contributed by atoms with E-state index in [1.807, 2.05) is 41.5 Å². The Labute approximate surface area is 214 Å². The van der Waals surface area contributed by atoms with Gasteiger partial charge in [-0.15, -0.1) is 11.3 Å². The molecule has 36 heavy (non-hydrogen) atoms. The van der Waals surface area contributed by atoms with Crippen molar-refractivity contribution in [3.63, 3.8) is 0 Å². The molecule has 2 atom stereocenters. The van der Waals surface area contributed by atoms with Crippen LogP contribution in [0.15, 0.2) is 58.7 Å². The van der Waals surface area contributed by atoms with Crippen LogP contribution < -0.4 is 15.6 Å². The minimum atomic E-state index is -0.0297. The van der Waals surface area contributed by atoms with Gasteiger partial charge in [-0.05, 0) is 33.0 Å². The highest BCUT2D eigenvalue weighted by atomic mass is 32.1. The quantitative estimate of drug-likeness (QED) is 0.368. The van der Waals surface area contributed by atoms with E-state index in [0.717, 1.165) is 36.4 Å². The molecule has 4 aromatic heterocycles. The molecule has 188 valence electrons. The number of thiazole rings is 1. The zero-order valence-electron chi connectivity index (χ0n) is 21.0. The Hall–Kier alpha value is -3.34. The van der Waals surface area contributed by atoms with Crippen LogP contribution in [0.2, 0.25) is 0 Å². The number of nitrogens with zero attached hydrogens (tertiary/aromatic N) is 6. The van der Waals surface area contributed by atoms with Gasteiger partial charge >= 0.3 is 0 Å². The van der Waals surface area contributed by atoms with Gasteiger partial charge in [0, 0.05) is 68.9 Å². The third-order valence-electron chi connectivity index (χ3n) is 6.65. The van der Waals surface area contributed by atoms with Gasteiger partial charge in [0.05, 0.1) is 17.5 Å². The van der Waals surface area contributed by atoms with Gasteiger partial charge in [0.1, 0.15) is 11.6 Å². The number of pyridine rings is 2. The van der Waals surface area contributed by atoms with Crippen molar-refractivity contribution in [2.45, 2.75) is 39.0 Å². The number of anilines is 1. The van der Waals surface area contributed by atoms with E-state index in [-0.39, 0.29) is 17.6 Å². The van der Waals surface area contributed by atoms with Gasteiger partial charge < -0.3 is 19.5 Å². The molecule has 5 heterocycles. The number of allylic oxidation sites excluding steroid dienone is 2. The van der Waals surface area contributed by atoms with Crippen LogP contribution >= 0.6 is 11.3 Å². The maximum Gasteiger partial charge on any atom is 0.195 e. The molecule has 0 aromatic carbocycles. The average Bonchev–Trinajstić information content (AvgIpc) is 3.65. The number of aromatic nitrogens is 5. The fourth-order valence-electron chi connectivity index (χ4n) is 4.63. The van der Waals surface area contributed by atoms with Crippen molar-refractivity contribution in [3.05, 3.63) is 75.6 Å². The third kappa shape index (κ3) is 4.71. The minimum absolute atomic E-state index is 0.0297. The Morgan fingerprint density at radius 3 is 2.81 bits per heavy atom. The number of likely N-dealkylation sites (N-methyl/N-ethyl adjacent to an activating group) is 1. The van der Waals surface area contributed by atoms with Crippen molar-refractivity contribution < 1.29 is 4.74 Å². The molecular weight excluding hydrogens is 474 g/mol. The minimum Gasteiger partial charge on any atom is -0.378 e. The second-order valence-electron chi connectivity index (χ2n) is 9.24. The van der Waals surface area contributed by atoms with Crippen LogP contribution in [0.1, 0.15) is 25.2 Å². The van der Waals surface area contributed by atoms with E-state index in [2.05, 4.69) is 44.7 Å². The van der Waals surface area contributed by atoms with Gasteiger partial charge in [0.15, 0.2) is 16.2 Å². The van der Waals surface area contributed by atoms with Crippen LogP contribution in [0, 0.1) is 0 Å². The number of ether oxygens (including phenoxy) is 1. The number of fused-ring (bicyclic) bond motifs is 1. The standard InChI is InChI=1S/C26H31N7O2S/c1-17(2)7-10-31-11-8-28-23(31)13-18-14-33(26-29-9-12-36-26)25-19(24(18)34)5-6-22(30-25)32-15-20(27-3)21(16-32)35-4/h5-9,11-12,14,20-21,27H,10,13,15-16H2,1-4H3. The summed E-state index contributed by atoms with van der Waals surface area (Å²) < 4.78 is 9.66. The van der Waals surface area contributed by atoms with Crippen LogP contribution in [0.5, 0.6) is 0 Å². The molecule has 1 aliphatic heterocycles. The Morgan fingerprint density at radius 1 is 1.25 bits per heavy atom. The second-order valence-corrected chi connectivity index (χ2v) is 10.1. The topological polar surface area (TPSA) is 90.1 Å². The van der Waals surface area contributed by atoms with Crippen molar-refractivity contribution in [2.24, 2.45) is 0 Å². The fourth-order valence-corrected chi connectivity index (χ4v) is 5.25. The lowest BCUT2D eigenvalue weighted by Gasteiger charge is -2.19. The predicted octanol–water partition coefficient (Wildman–Crippen LogP) is 3.02. The third-order valence-corrected chi connectivity index (χ3v) is 7.42. The lowest BCUT2D eigenvalue weighted by molar-refractivity contribution is 0.0996. The fraction of sp³-hybridized carbons (Fsp3) is 0.385. The van der Waals surface area contributed by atoms with Gasteiger partial charge in [0.2, 0.25) is 0 Å². The number of imidazole rings is 1. The van der Waals surface area contributed by atoms with Crippen LogP contribution in [-0.2, 0) is 17.7 Å². The molecule has 0 amide bonds. The molecule has 0 bridgehead atoms. The van der Waals surface area contributed by atoms with Crippen molar-refractivity contribution >= 4 is 28.2 Å². The Balaban J connectivity index is 1.57. The average molecular weight is 506 g/mol. The molecule has 1 saturated heterocycles. The van der Waals surface area contributed by atoms with Gasteiger partial charge in [-0.1, -0.05) is 11.6 Å². The summed E-state index contributed by atoms with van der Waals surface area (Å²) in [5.74, 6) is 1.66. The van der Waals surface area contributed by atoms with Crippen molar-refractivity contribution in [3.8, 4) is 5.13 Å². The summed E-state index contributed by atoms with van der Waals surface area (Å²) in [5.41, 5.74) is 2.47. The van der Waals surface area contributed by atoms with Crippen molar-refractivity contribution in [1.82, 2.24) is 29.4 Å². The molecule has 4 aromatic rings. The largest absolute Gasteiger partial charge is 0.378 e. The summed E-state index contributed by atoms with van der Waals surface area (Å²) >= 11 is 1.51. The van der Waals surface area contributed by atoms with E-state index in [1.54, 1.807) is 19.5 Å². The predicted molar refractivity (Wildman–Crippen MR) is 143 cm³/mol. The molecule has 1 aliphatic rings. The Kier molecular flexibility index (Phi) is 6.99. The van der Waals surface area contributed by atoms with E-state index < -0.39 is 0 Å². The molecule has 1 N–H and O–H groups in total. The maximum atomic E-state index is 13.6. The molecule has 0 aliphatic carbocycles. The maximum absolute atomic E-state index is 13.6. The lowest BCUT2D eigenvalue weighted by Crippen LogP contribution is -2.37. The van der Waals surface area contributed by atoms with Crippen LogP contribution in [0.4, 0.5) is 5.82 Å². The second kappa shape index (κ2) is 10.3. The van der Waals surface area contributed by atoms with E-state index in [0.29, 0.717) is 23.0 Å². The van der Waals surface area contributed by atoms with E-state index >= 15 is 0 Å². The normalized spacial score (nSPS) is 17.7. The first kappa shape index (κ1) is 24.4. The van der Waals surface area contributed by atoms with Crippen molar-refractivity contribution in [2.75, 3.05) is 32.1 Å². The zero-order valence-corrected chi connectivity index (χ0v) is 21.8. The molecule has 5 rings (SSSR count). The SMILES string of the molecule is CNC1CN(c2ccc3c(=O)c(Cc4nccn4CC=C(C)C)cn(-c4nccs4)c3n2)CC1OC. The smallest absolute Gasteiger partial charge is 0.195 e. The van der Waals surface area contributed by atoms with Gasteiger partial charge in [-0.3, -0.25) is 9.36 Å². The van der Waals surface area contributed by atoms with Gasteiger partial charge in [0.25, 0.3) is 0 Å². The highest BCUT2D eigenvalue weighted by Gasteiger charge is 2.32. The summed E-state index contributed by atoms with van der Waals surface area (Å²) in [5, 5.41) is 6.59. The molecule has 0 radical (unpaired) electrons. The number of hydrogen-bond donors (Lipinski definition) is 1. The van der Waals surface area contributed by atoms with Gasteiger partial charge in [-0.25, -0.2) is 15.0 Å². The summed E-state index contributed by atoms with van der Waals surface area (Å²) in [6.45, 7) is 6.38. The summed E-state index contributed by atoms with van der Waals surface area (Å²) in [7, 11) is 3.68. The van der Waals surface area contributed by atoms with E-state index in [1.165, 1.54) is 16.9 Å². The zero-order chi connectivity index (χ0) is 25.2. The molecule has 10 heteroatoms. The van der Waals surface area contributed by atoms with Crippen molar-refractivity contribution in [1.29, 1.82) is 0 Å². The molecule has 2 unspecified atom stereocenters. The van der Waals surface area contributed by atoms with Gasteiger partial charge in [-0.2, -0.15) is 0 Å². The number of methoxy groups -OCH3 is 1. The first-order chi connectivity index (χ1) is 17.5. The first-order valence-corrected chi connectivity index (χ1v) is 12.9. The lowest BCUT2D eigenvalue weighted by atomic mass is 10.1. The molecule has 0 saturated carbocycles. The molecular formula is C26H31N7O2S. The molecule has 9 nitrogen and oxygen atoms in total. The van der Waals surface area contributed by atoms with E-state index in [4.69, 9.17) is 9.72 Å². The van der Waals surface area contributed by atoms with Crippen LogP contribution in [0.25, 0.3) is 16.2 Å². The molecule has 1 fully saturated rings. The monoisotopic (exact) mass is 505 g/mol. The first-order valence-electron chi connectivity index (χ1n) is 12.0. The Morgan fingerprint density at radius 2 is 2.11 bits per heavy atom. The Bertz CT molecular complexity index is 1420. The van der Waals surface area contributed by atoms with Crippen LogP contribution in [-0.4, -0.2) is 63.5 Å². The highest BCUT2D eigenvalue weighted by Crippen LogP contribution is 2.25. The number of nitrogens with one attached hydrogen (secondary N) is 1. The number of rotatable bonds is 8. The summed E-state index contributed by atoms with van der Waals surface area (Å²) in [6, 6.07) is 4.03. The summed E-state index contributed by atoms with van der Waals surface area (Å²) in [6.07, 6.45) is 10.0. The molecule has 0 spiro atoms.